The van der Waals surface area contributed by atoms with Crippen LogP contribution in [0, 0.1) is 0 Å². The molecule has 0 saturated carbocycles. The van der Waals surface area contributed by atoms with Gasteiger partial charge in [0.1, 0.15) is 0 Å². The second kappa shape index (κ2) is 26.9. The number of unbranched alkanes of at least 4 members (excludes halogenated alkanes) is 22. The first kappa shape index (κ1) is 29.9. The van der Waals surface area contributed by atoms with E-state index in [0.29, 0.717) is 6.54 Å². The van der Waals surface area contributed by atoms with Crippen LogP contribution >= 0.6 is 0 Å². The number of aliphatic hydroxyl groups excluding tert-OH is 1. The average molecular weight is 428 g/mol. The number of nitrogens with one attached hydrogen (secondary N) is 1. The van der Waals surface area contributed by atoms with Gasteiger partial charge in [-0.15, -0.1) is 0 Å². The zero-order chi connectivity index (χ0) is 22.0. The quantitative estimate of drug-likeness (QED) is 0.0971. The monoisotopic (exact) mass is 427 g/mol. The molecule has 3 N–H and O–H groups in total. The second-order valence-corrected chi connectivity index (χ2v) is 9.46. The van der Waals surface area contributed by atoms with Crippen LogP contribution < -0.4 is 5.32 Å². The van der Waals surface area contributed by atoms with E-state index >= 15 is 0 Å². The van der Waals surface area contributed by atoms with Gasteiger partial charge in [0.2, 0.25) is 0 Å². The molecule has 3 heteroatoms. The molecule has 182 valence electrons. The van der Waals surface area contributed by atoms with Crippen LogP contribution in [0.25, 0.3) is 0 Å². The molecular weight excluding hydrogens is 370 g/mol. The van der Waals surface area contributed by atoms with E-state index in [9.17, 15) is 0 Å². The van der Waals surface area contributed by atoms with Gasteiger partial charge in [0.25, 0.3) is 0 Å². The van der Waals surface area contributed by atoms with Crippen molar-refractivity contribution in [3.8, 4) is 0 Å². The normalized spacial score (nSPS) is 11.6. The van der Waals surface area contributed by atoms with E-state index in [2.05, 4.69) is 12.2 Å². The first-order valence-corrected chi connectivity index (χ1v) is 13.8. The molecule has 0 aromatic rings. The minimum Gasteiger partial charge on any atom is -0.367 e. The molecule has 30 heavy (non-hydrogen) atoms. The highest BCUT2D eigenvalue weighted by molar-refractivity contribution is 4.53. The summed E-state index contributed by atoms with van der Waals surface area (Å²) in [5, 5.41) is 20.5. The highest BCUT2D eigenvalue weighted by atomic mass is 16.5. The van der Waals surface area contributed by atoms with E-state index < -0.39 is 6.29 Å². The fourth-order valence-corrected chi connectivity index (χ4v) is 4.27. The third-order valence-electron chi connectivity index (χ3n) is 6.28. The van der Waals surface area contributed by atoms with Crippen LogP contribution in [0.1, 0.15) is 155 Å². The smallest absolute Gasteiger partial charge is 0.164 e. The lowest BCUT2D eigenvalue weighted by molar-refractivity contribution is -0.0370. The van der Waals surface area contributed by atoms with Gasteiger partial charge in [-0.3, -0.25) is 0 Å². The summed E-state index contributed by atoms with van der Waals surface area (Å²) in [6.45, 7) is 3.48. The van der Waals surface area contributed by atoms with E-state index in [1.165, 1.54) is 141 Å². The molecule has 0 aromatic carbocycles. The third-order valence-corrected chi connectivity index (χ3v) is 6.28. The molecule has 0 spiro atoms. The Kier molecular flexibility index (Phi) is 26.8. The molecule has 0 aliphatic carbocycles. The first-order valence-electron chi connectivity index (χ1n) is 13.8. The van der Waals surface area contributed by atoms with Crippen LogP contribution in [0.15, 0.2) is 0 Å². The van der Waals surface area contributed by atoms with Crippen molar-refractivity contribution in [1.29, 1.82) is 0 Å². The molecule has 0 unspecified atom stereocenters. The molecule has 0 heterocycles. The SMILES string of the molecule is CCCCCCCCCCCCCCCCCCCCCCCCCNCC(O)O. The Morgan fingerprint density at radius 2 is 0.700 bits per heavy atom. The average Bonchev–Trinajstić information content (AvgIpc) is 2.73. The van der Waals surface area contributed by atoms with E-state index in [-0.39, 0.29) is 0 Å². The Morgan fingerprint density at radius 3 is 0.967 bits per heavy atom. The lowest BCUT2D eigenvalue weighted by Crippen LogP contribution is -2.26. The zero-order valence-corrected chi connectivity index (χ0v) is 20.6. The van der Waals surface area contributed by atoms with Crippen molar-refractivity contribution in [3.05, 3.63) is 0 Å². The molecule has 0 aliphatic rings. The fraction of sp³-hybridized carbons (Fsp3) is 1.00. The maximum atomic E-state index is 8.73. The van der Waals surface area contributed by atoms with Gasteiger partial charge in [-0.05, 0) is 13.0 Å². The number of aliphatic hydroxyl groups is 2. The van der Waals surface area contributed by atoms with E-state index in [1.807, 2.05) is 0 Å². The third kappa shape index (κ3) is 27.9. The van der Waals surface area contributed by atoms with Gasteiger partial charge in [-0.25, -0.2) is 0 Å². The van der Waals surface area contributed by atoms with Crippen LogP contribution in [-0.2, 0) is 0 Å². The van der Waals surface area contributed by atoms with Gasteiger partial charge < -0.3 is 15.5 Å². The highest BCUT2D eigenvalue weighted by Gasteiger charge is 1.97. The first-order chi connectivity index (χ1) is 14.8. The number of hydrogen-bond acceptors (Lipinski definition) is 3. The molecule has 0 aromatic heterocycles. The van der Waals surface area contributed by atoms with E-state index in [0.717, 1.165) is 13.0 Å². The molecule has 0 rings (SSSR count). The van der Waals surface area contributed by atoms with E-state index in [4.69, 9.17) is 10.2 Å². The largest absolute Gasteiger partial charge is 0.367 e. The Labute approximate surface area is 189 Å². The van der Waals surface area contributed by atoms with Crippen molar-refractivity contribution in [3.63, 3.8) is 0 Å². The van der Waals surface area contributed by atoms with Crippen LogP contribution in [-0.4, -0.2) is 29.6 Å². The Balaban J connectivity index is 2.99. The maximum absolute atomic E-state index is 8.73. The predicted octanol–water partition coefficient (Wildman–Crippen LogP) is 7.88. The minimum absolute atomic E-state index is 0.291. The summed E-state index contributed by atoms with van der Waals surface area (Å²) >= 11 is 0. The van der Waals surface area contributed by atoms with E-state index in [1.54, 1.807) is 0 Å². The molecular formula is C27H57NO2. The second-order valence-electron chi connectivity index (χ2n) is 9.46. The Bertz CT molecular complexity index is 297. The minimum atomic E-state index is -1.21. The van der Waals surface area contributed by atoms with Crippen molar-refractivity contribution >= 4 is 0 Å². The molecule has 0 amide bonds. The maximum Gasteiger partial charge on any atom is 0.164 e. The topological polar surface area (TPSA) is 52.5 Å². The van der Waals surface area contributed by atoms with Crippen molar-refractivity contribution < 1.29 is 10.2 Å². The van der Waals surface area contributed by atoms with Gasteiger partial charge in [-0.1, -0.05) is 148 Å². The standard InChI is InChI=1S/C27H57NO2/c1-2-3-4-5-6-7-8-9-10-11-12-13-14-15-16-17-18-19-20-21-22-23-24-25-28-26-27(29)30/h27-30H,2-26H2,1H3. The zero-order valence-electron chi connectivity index (χ0n) is 20.6. The van der Waals surface area contributed by atoms with Gasteiger partial charge in [-0.2, -0.15) is 0 Å². The summed E-state index contributed by atoms with van der Waals surface area (Å²) in [7, 11) is 0. The Morgan fingerprint density at radius 1 is 0.433 bits per heavy atom. The molecule has 0 atom stereocenters. The summed E-state index contributed by atoms with van der Waals surface area (Å²) in [5.74, 6) is 0. The summed E-state index contributed by atoms with van der Waals surface area (Å²) in [6, 6.07) is 0. The number of rotatable bonds is 26. The van der Waals surface area contributed by atoms with Crippen LogP contribution in [0.5, 0.6) is 0 Å². The van der Waals surface area contributed by atoms with Crippen LogP contribution in [0.2, 0.25) is 0 Å². The molecule has 0 fully saturated rings. The lowest BCUT2D eigenvalue weighted by Gasteiger charge is -2.06. The fourth-order valence-electron chi connectivity index (χ4n) is 4.27. The van der Waals surface area contributed by atoms with Gasteiger partial charge >= 0.3 is 0 Å². The Hall–Kier alpha value is -0.120. The highest BCUT2D eigenvalue weighted by Crippen LogP contribution is 2.15. The summed E-state index contributed by atoms with van der Waals surface area (Å²) in [4.78, 5) is 0. The van der Waals surface area contributed by atoms with Crippen LogP contribution in [0.3, 0.4) is 0 Å². The van der Waals surface area contributed by atoms with Crippen molar-refractivity contribution in [2.75, 3.05) is 13.1 Å². The number of hydrogen-bond donors (Lipinski definition) is 3. The van der Waals surface area contributed by atoms with Crippen molar-refractivity contribution in [2.24, 2.45) is 0 Å². The molecule has 0 bridgehead atoms. The van der Waals surface area contributed by atoms with Gasteiger partial charge in [0, 0.05) is 6.54 Å². The van der Waals surface area contributed by atoms with Crippen molar-refractivity contribution in [2.45, 2.75) is 161 Å². The summed E-state index contributed by atoms with van der Waals surface area (Å²) in [6.07, 6.45) is 31.3. The van der Waals surface area contributed by atoms with Gasteiger partial charge in [0.15, 0.2) is 6.29 Å². The predicted molar refractivity (Wildman–Crippen MR) is 133 cm³/mol. The molecule has 3 nitrogen and oxygen atoms in total. The molecule has 0 saturated heterocycles. The van der Waals surface area contributed by atoms with Crippen LogP contribution in [0.4, 0.5) is 0 Å². The summed E-state index contributed by atoms with van der Waals surface area (Å²) in [5.41, 5.74) is 0. The lowest BCUT2D eigenvalue weighted by atomic mass is 10.0. The molecule has 0 radical (unpaired) electrons. The molecule has 0 aliphatic heterocycles. The van der Waals surface area contributed by atoms with Crippen molar-refractivity contribution in [1.82, 2.24) is 5.32 Å². The summed E-state index contributed by atoms with van der Waals surface area (Å²) < 4.78 is 0. The van der Waals surface area contributed by atoms with Gasteiger partial charge in [0.05, 0.1) is 0 Å².